The van der Waals surface area contributed by atoms with Crippen molar-refractivity contribution in [3.05, 3.63) is 58.2 Å². The van der Waals surface area contributed by atoms with Crippen LogP contribution in [0.5, 0.6) is 0 Å². The van der Waals surface area contributed by atoms with Gasteiger partial charge >= 0.3 is 5.97 Å². The number of halogens is 1. The third kappa shape index (κ3) is 6.47. The molecule has 1 aliphatic carbocycles. The highest BCUT2D eigenvalue weighted by molar-refractivity contribution is 5.82. The minimum Gasteiger partial charge on any atom is -0.481 e. The number of aryl methyl sites for hydroxylation is 2. The third-order valence-electron chi connectivity index (χ3n) is 6.66. The maximum Gasteiger partial charge on any atom is 0.303 e. The fourth-order valence-electron chi connectivity index (χ4n) is 4.51. The van der Waals surface area contributed by atoms with Crippen LogP contribution in [0.15, 0.2) is 33.3 Å². The summed E-state index contributed by atoms with van der Waals surface area (Å²) in [6.07, 6.45) is 3.82. The second-order valence-corrected chi connectivity index (χ2v) is 10.3. The Hall–Kier alpha value is -3.29. The van der Waals surface area contributed by atoms with E-state index in [1.54, 1.807) is 19.1 Å². The minimum absolute atomic E-state index is 0.0539. The maximum absolute atomic E-state index is 14.3. The third-order valence-corrected chi connectivity index (χ3v) is 6.66. The number of rotatable bonds is 13. The van der Waals surface area contributed by atoms with Gasteiger partial charge in [0.2, 0.25) is 0 Å². The second kappa shape index (κ2) is 11.2. The first-order valence-corrected chi connectivity index (χ1v) is 12.6. The molecule has 0 saturated heterocycles. The summed E-state index contributed by atoms with van der Waals surface area (Å²) < 4.78 is 25.6. The van der Waals surface area contributed by atoms with E-state index in [9.17, 15) is 19.1 Å². The number of hydrogen-bond donors (Lipinski definition) is 1. The molecule has 192 valence electrons. The van der Waals surface area contributed by atoms with Gasteiger partial charge in [0.05, 0.1) is 5.69 Å². The summed E-state index contributed by atoms with van der Waals surface area (Å²) in [6, 6.07) is 6.68. The van der Waals surface area contributed by atoms with Gasteiger partial charge in [-0.05, 0) is 61.6 Å². The molecule has 0 bridgehead atoms. The lowest BCUT2D eigenvalue weighted by atomic mass is 9.87. The summed E-state index contributed by atoms with van der Waals surface area (Å²) in [4.78, 5) is 24.3. The minimum atomic E-state index is -0.944. The molecule has 8 heteroatoms. The van der Waals surface area contributed by atoms with Crippen molar-refractivity contribution in [1.29, 1.82) is 0 Å². The van der Waals surface area contributed by atoms with Crippen LogP contribution in [0, 0.1) is 18.7 Å². The fraction of sp³-hybridized carbons (Fsp3) is 0.500. The molecule has 2 aromatic heterocycles. The average molecular weight is 497 g/mol. The number of aromatic nitrogens is 2. The standard InChI is InChI=1S/C28H33FN2O5/c1-16(2)4-10-22-15-24(30-35-22)28-26(18-7-8-18)27(31-36-28)20(9-11-25(33)34)14-21(32)13-19-6-5-17(3)12-23(19)29/h5-6,12,15-16,18,20H,4,7-11,13-14H2,1-3H3,(H,33,34)/t20-/m0/s1. The van der Waals surface area contributed by atoms with Crippen molar-refractivity contribution >= 4 is 11.8 Å². The molecule has 1 saturated carbocycles. The molecule has 0 aliphatic heterocycles. The zero-order valence-electron chi connectivity index (χ0n) is 21.1. The smallest absolute Gasteiger partial charge is 0.303 e. The number of ketones is 1. The highest BCUT2D eigenvalue weighted by Gasteiger charge is 2.37. The van der Waals surface area contributed by atoms with Gasteiger partial charge in [-0.2, -0.15) is 0 Å². The molecule has 0 amide bonds. The summed E-state index contributed by atoms with van der Waals surface area (Å²) in [5, 5.41) is 17.8. The van der Waals surface area contributed by atoms with Crippen LogP contribution in [-0.4, -0.2) is 27.2 Å². The van der Waals surface area contributed by atoms with Gasteiger partial charge < -0.3 is 14.2 Å². The van der Waals surface area contributed by atoms with Crippen LogP contribution >= 0.6 is 0 Å². The number of carboxylic acids is 1. The van der Waals surface area contributed by atoms with E-state index in [4.69, 9.17) is 9.05 Å². The predicted octanol–water partition coefficient (Wildman–Crippen LogP) is 6.39. The van der Waals surface area contributed by atoms with Gasteiger partial charge in [-0.3, -0.25) is 9.59 Å². The fourth-order valence-corrected chi connectivity index (χ4v) is 4.51. The van der Waals surface area contributed by atoms with Gasteiger partial charge in [-0.15, -0.1) is 0 Å². The molecule has 36 heavy (non-hydrogen) atoms. The first kappa shape index (κ1) is 25.8. The Morgan fingerprint density at radius 1 is 1.14 bits per heavy atom. The maximum atomic E-state index is 14.3. The Morgan fingerprint density at radius 2 is 1.92 bits per heavy atom. The summed E-state index contributed by atoms with van der Waals surface area (Å²) in [5.74, 6) is 0.111. The van der Waals surface area contributed by atoms with E-state index in [0.29, 0.717) is 28.6 Å². The predicted molar refractivity (Wildman–Crippen MR) is 131 cm³/mol. The number of nitrogens with zero attached hydrogens (tertiary/aromatic N) is 2. The first-order valence-electron chi connectivity index (χ1n) is 12.6. The Labute approximate surface area is 210 Å². The molecule has 3 aromatic rings. The molecule has 0 unspecified atom stereocenters. The van der Waals surface area contributed by atoms with E-state index in [2.05, 4.69) is 24.2 Å². The van der Waals surface area contributed by atoms with Gasteiger partial charge in [-0.25, -0.2) is 4.39 Å². The van der Waals surface area contributed by atoms with Crippen molar-refractivity contribution in [2.75, 3.05) is 0 Å². The summed E-state index contributed by atoms with van der Waals surface area (Å²) >= 11 is 0. The Balaban J connectivity index is 1.58. The van der Waals surface area contributed by atoms with Crippen LogP contribution in [-0.2, 0) is 22.4 Å². The van der Waals surface area contributed by atoms with Crippen LogP contribution < -0.4 is 0 Å². The van der Waals surface area contributed by atoms with Gasteiger partial charge in [0.1, 0.15) is 17.4 Å². The lowest BCUT2D eigenvalue weighted by Crippen LogP contribution is -2.13. The van der Waals surface area contributed by atoms with Crippen molar-refractivity contribution < 1.29 is 28.1 Å². The number of aliphatic carboxylic acids is 1. The van der Waals surface area contributed by atoms with Crippen LogP contribution in [0.4, 0.5) is 4.39 Å². The van der Waals surface area contributed by atoms with Crippen LogP contribution in [0.2, 0.25) is 0 Å². The molecular formula is C28H33FN2O5. The van der Waals surface area contributed by atoms with Crippen molar-refractivity contribution in [3.63, 3.8) is 0 Å². The molecule has 0 radical (unpaired) electrons. The molecule has 0 spiro atoms. The Bertz CT molecular complexity index is 1220. The first-order chi connectivity index (χ1) is 17.2. The molecule has 7 nitrogen and oxygen atoms in total. The molecular weight excluding hydrogens is 463 g/mol. The van der Waals surface area contributed by atoms with E-state index >= 15 is 0 Å². The lowest BCUT2D eigenvalue weighted by Gasteiger charge is -2.15. The molecule has 1 N–H and O–H groups in total. The molecule has 2 heterocycles. The van der Waals surface area contributed by atoms with E-state index in [-0.39, 0.29) is 37.4 Å². The van der Waals surface area contributed by atoms with Crippen molar-refractivity contribution in [1.82, 2.24) is 10.3 Å². The zero-order chi connectivity index (χ0) is 25.8. The zero-order valence-corrected chi connectivity index (χ0v) is 21.1. The highest BCUT2D eigenvalue weighted by Crippen LogP contribution is 2.48. The molecule has 4 rings (SSSR count). The quantitative estimate of drug-likeness (QED) is 0.292. The number of Topliss-reactive ketones (excluding diaryl/α,β-unsaturated/α-hetero) is 1. The molecule has 1 fully saturated rings. The topological polar surface area (TPSA) is 106 Å². The second-order valence-electron chi connectivity index (χ2n) is 10.3. The SMILES string of the molecule is Cc1ccc(CC(=O)C[C@H](CCC(=O)O)c2noc(-c3cc(CCC(C)C)on3)c2C2CC2)c(F)c1. The van der Waals surface area contributed by atoms with E-state index in [0.717, 1.165) is 42.6 Å². The number of hydrogen-bond acceptors (Lipinski definition) is 6. The number of carboxylic acid groups (broad SMARTS) is 1. The van der Waals surface area contributed by atoms with Crippen molar-refractivity contribution in [3.8, 4) is 11.5 Å². The van der Waals surface area contributed by atoms with E-state index in [1.807, 2.05) is 6.07 Å². The normalized spacial score (nSPS) is 14.4. The van der Waals surface area contributed by atoms with E-state index < -0.39 is 17.7 Å². The largest absolute Gasteiger partial charge is 0.481 e. The van der Waals surface area contributed by atoms with Crippen LogP contribution in [0.25, 0.3) is 11.5 Å². The monoisotopic (exact) mass is 496 g/mol. The Morgan fingerprint density at radius 3 is 2.58 bits per heavy atom. The van der Waals surface area contributed by atoms with Gasteiger partial charge in [-0.1, -0.05) is 36.3 Å². The summed E-state index contributed by atoms with van der Waals surface area (Å²) in [7, 11) is 0. The highest BCUT2D eigenvalue weighted by atomic mass is 19.1. The molecule has 1 aromatic carbocycles. The van der Waals surface area contributed by atoms with Gasteiger partial charge in [0.15, 0.2) is 11.5 Å². The van der Waals surface area contributed by atoms with Crippen molar-refractivity contribution in [2.24, 2.45) is 5.92 Å². The van der Waals surface area contributed by atoms with E-state index in [1.165, 1.54) is 6.07 Å². The molecule has 1 atom stereocenters. The van der Waals surface area contributed by atoms with Crippen LogP contribution in [0.3, 0.4) is 0 Å². The van der Waals surface area contributed by atoms with Crippen LogP contribution in [0.1, 0.15) is 92.4 Å². The summed E-state index contributed by atoms with van der Waals surface area (Å²) in [5.41, 5.74) is 3.19. The van der Waals surface area contributed by atoms with Gasteiger partial charge in [0.25, 0.3) is 0 Å². The Kier molecular flexibility index (Phi) is 8.01. The summed E-state index contributed by atoms with van der Waals surface area (Å²) in [6.45, 7) is 6.09. The number of carbonyl (C=O) groups excluding carboxylic acids is 1. The lowest BCUT2D eigenvalue weighted by molar-refractivity contribution is -0.137. The number of benzene rings is 1. The average Bonchev–Trinajstić information content (AvgIpc) is 3.37. The van der Waals surface area contributed by atoms with Crippen molar-refractivity contribution in [2.45, 2.75) is 84.0 Å². The molecule has 1 aliphatic rings. The van der Waals surface area contributed by atoms with Gasteiger partial charge in [0, 0.05) is 43.2 Å². The number of carbonyl (C=O) groups is 2.